The third-order valence-electron chi connectivity index (χ3n) is 2.77. The van der Waals surface area contributed by atoms with Crippen molar-refractivity contribution in [2.45, 2.75) is 19.6 Å². The topological polar surface area (TPSA) is 49.3 Å². The fourth-order valence-electron chi connectivity index (χ4n) is 1.89. The van der Waals surface area contributed by atoms with Crippen molar-refractivity contribution in [2.75, 3.05) is 11.9 Å². The molecule has 18 heavy (non-hydrogen) atoms. The van der Waals surface area contributed by atoms with Crippen LogP contribution in [0.25, 0.3) is 0 Å². The van der Waals surface area contributed by atoms with Gasteiger partial charge in [-0.2, -0.15) is 0 Å². The van der Waals surface area contributed by atoms with Crippen LogP contribution in [0.2, 0.25) is 0 Å². The molecule has 0 aliphatic heterocycles. The van der Waals surface area contributed by atoms with Crippen LogP contribution in [0.5, 0.6) is 0 Å². The Labute approximate surface area is 107 Å². The van der Waals surface area contributed by atoms with E-state index in [4.69, 9.17) is 0 Å². The minimum absolute atomic E-state index is 0.523. The third-order valence-corrected chi connectivity index (χ3v) is 2.77. The van der Waals surface area contributed by atoms with E-state index < -0.39 is 6.10 Å². The van der Waals surface area contributed by atoms with E-state index in [1.807, 2.05) is 42.4 Å². The molecule has 2 aromatic heterocycles. The minimum Gasteiger partial charge on any atom is -0.389 e. The summed E-state index contributed by atoms with van der Waals surface area (Å²) in [6.45, 7) is 2.46. The zero-order chi connectivity index (χ0) is 13.0. The molecule has 0 radical (unpaired) electrons. The van der Waals surface area contributed by atoms with Crippen LogP contribution < -0.4 is 4.90 Å². The predicted molar refractivity (Wildman–Crippen MR) is 71.2 cm³/mol. The number of anilines is 1. The molecule has 0 aliphatic carbocycles. The van der Waals surface area contributed by atoms with Gasteiger partial charge in [-0.15, -0.1) is 0 Å². The van der Waals surface area contributed by atoms with Gasteiger partial charge in [0.05, 0.1) is 6.10 Å². The quantitative estimate of drug-likeness (QED) is 0.894. The molecule has 1 N–H and O–H groups in total. The Morgan fingerprint density at radius 2 is 2.06 bits per heavy atom. The molecule has 4 heteroatoms. The molecule has 94 valence electrons. The monoisotopic (exact) mass is 243 g/mol. The van der Waals surface area contributed by atoms with Crippen molar-refractivity contribution in [2.24, 2.45) is 0 Å². The van der Waals surface area contributed by atoms with E-state index in [9.17, 15) is 5.11 Å². The zero-order valence-electron chi connectivity index (χ0n) is 10.6. The highest BCUT2D eigenvalue weighted by Crippen LogP contribution is 2.23. The standard InChI is InChI=1S/C14H17N3O/c1-11(18)13-6-4-8-16-14(13)17(2)10-12-5-3-7-15-9-12/h3-9,11,18H,10H2,1-2H3. The SMILES string of the molecule is CC(O)c1cccnc1N(C)Cc1cccnc1. The van der Waals surface area contributed by atoms with Crippen LogP contribution in [0.1, 0.15) is 24.2 Å². The van der Waals surface area contributed by atoms with E-state index in [0.717, 1.165) is 16.9 Å². The van der Waals surface area contributed by atoms with Crippen molar-refractivity contribution >= 4 is 5.82 Å². The molecule has 2 heterocycles. The largest absolute Gasteiger partial charge is 0.389 e. The van der Waals surface area contributed by atoms with Crippen LogP contribution in [-0.2, 0) is 6.54 Å². The van der Waals surface area contributed by atoms with Crippen molar-refractivity contribution in [3.05, 3.63) is 54.0 Å². The molecule has 0 fully saturated rings. The first-order valence-corrected chi connectivity index (χ1v) is 5.91. The van der Waals surface area contributed by atoms with Crippen LogP contribution in [0.3, 0.4) is 0 Å². The summed E-state index contributed by atoms with van der Waals surface area (Å²) in [4.78, 5) is 10.4. The van der Waals surface area contributed by atoms with Gasteiger partial charge in [0.25, 0.3) is 0 Å². The summed E-state index contributed by atoms with van der Waals surface area (Å²) in [5, 5.41) is 9.74. The summed E-state index contributed by atoms with van der Waals surface area (Å²) in [6.07, 6.45) is 4.80. The number of aromatic nitrogens is 2. The minimum atomic E-state index is -0.523. The summed E-state index contributed by atoms with van der Waals surface area (Å²) < 4.78 is 0. The van der Waals surface area contributed by atoms with Gasteiger partial charge >= 0.3 is 0 Å². The summed E-state index contributed by atoms with van der Waals surface area (Å²) in [6, 6.07) is 7.67. The predicted octanol–water partition coefficient (Wildman–Crippen LogP) is 2.17. The highest BCUT2D eigenvalue weighted by molar-refractivity contribution is 5.47. The molecule has 0 spiro atoms. The second-order valence-electron chi connectivity index (χ2n) is 4.31. The number of hydrogen-bond acceptors (Lipinski definition) is 4. The second kappa shape index (κ2) is 5.60. The molecule has 1 unspecified atom stereocenters. The molecular formula is C14H17N3O. The fraction of sp³-hybridized carbons (Fsp3) is 0.286. The molecule has 0 saturated carbocycles. The third kappa shape index (κ3) is 2.84. The lowest BCUT2D eigenvalue weighted by Crippen LogP contribution is -2.20. The normalized spacial score (nSPS) is 12.2. The summed E-state index contributed by atoms with van der Waals surface area (Å²) in [5.41, 5.74) is 1.95. The number of aliphatic hydroxyl groups is 1. The average Bonchev–Trinajstić information content (AvgIpc) is 2.40. The van der Waals surface area contributed by atoms with Gasteiger partial charge in [0.2, 0.25) is 0 Å². The first kappa shape index (κ1) is 12.5. The molecule has 0 saturated heterocycles. The van der Waals surface area contributed by atoms with Gasteiger partial charge in [-0.25, -0.2) is 4.98 Å². The fourth-order valence-corrected chi connectivity index (χ4v) is 1.89. The molecule has 2 rings (SSSR count). The Kier molecular flexibility index (Phi) is 3.89. The average molecular weight is 243 g/mol. The molecule has 0 amide bonds. The van der Waals surface area contributed by atoms with Crippen molar-refractivity contribution in [1.82, 2.24) is 9.97 Å². The van der Waals surface area contributed by atoms with Gasteiger partial charge in [-0.3, -0.25) is 4.98 Å². The molecule has 2 aromatic rings. The Hall–Kier alpha value is -1.94. The number of hydrogen-bond donors (Lipinski definition) is 1. The van der Waals surface area contributed by atoms with Crippen LogP contribution in [0.4, 0.5) is 5.82 Å². The molecule has 1 atom stereocenters. The highest BCUT2D eigenvalue weighted by Gasteiger charge is 2.12. The Balaban J connectivity index is 2.21. The van der Waals surface area contributed by atoms with E-state index in [1.165, 1.54) is 0 Å². The Morgan fingerprint density at radius 3 is 2.72 bits per heavy atom. The van der Waals surface area contributed by atoms with Crippen molar-refractivity contribution in [3.63, 3.8) is 0 Å². The number of rotatable bonds is 4. The molecular weight excluding hydrogens is 226 g/mol. The van der Waals surface area contributed by atoms with Gasteiger partial charge in [-0.1, -0.05) is 12.1 Å². The Bertz CT molecular complexity index is 499. The molecule has 0 bridgehead atoms. The van der Waals surface area contributed by atoms with Crippen LogP contribution in [0.15, 0.2) is 42.9 Å². The summed E-state index contributed by atoms with van der Waals surface area (Å²) in [5.74, 6) is 0.802. The summed E-state index contributed by atoms with van der Waals surface area (Å²) in [7, 11) is 1.96. The van der Waals surface area contributed by atoms with Gasteiger partial charge in [0, 0.05) is 37.7 Å². The lowest BCUT2D eigenvalue weighted by molar-refractivity contribution is 0.199. The van der Waals surface area contributed by atoms with Crippen LogP contribution in [-0.4, -0.2) is 22.1 Å². The van der Waals surface area contributed by atoms with Crippen molar-refractivity contribution in [3.8, 4) is 0 Å². The number of aliphatic hydroxyl groups excluding tert-OH is 1. The maximum atomic E-state index is 9.74. The second-order valence-corrected chi connectivity index (χ2v) is 4.31. The van der Waals surface area contributed by atoms with Gasteiger partial charge < -0.3 is 10.0 Å². The summed E-state index contributed by atoms with van der Waals surface area (Å²) >= 11 is 0. The van der Waals surface area contributed by atoms with Crippen LogP contribution in [0, 0.1) is 0 Å². The van der Waals surface area contributed by atoms with Gasteiger partial charge in [-0.05, 0) is 24.6 Å². The van der Waals surface area contributed by atoms with Gasteiger partial charge in [0.1, 0.15) is 5.82 Å². The molecule has 0 aromatic carbocycles. The lowest BCUT2D eigenvalue weighted by atomic mass is 10.1. The lowest BCUT2D eigenvalue weighted by Gasteiger charge is -2.22. The maximum Gasteiger partial charge on any atom is 0.134 e. The van der Waals surface area contributed by atoms with E-state index >= 15 is 0 Å². The van der Waals surface area contributed by atoms with E-state index in [-0.39, 0.29) is 0 Å². The maximum absolute atomic E-state index is 9.74. The van der Waals surface area contributed by atoms with Gasteiger partial charge in [0.15, 0.2) is 0 Å². The first-order chi connectivity index (χ1) is 8.68. The van der Waals surface area contributed by atoms with E-state index in [0.29, 0.717) is 6.54 Å². The highest BCUT2D eigenvalue weighted by atomic mass is 16.3. The van der Waals surface area contributed by atoms with Crippen molar-refractivity contribution < 1.29 is 5.11 Å². The van der Waals surface area contributed by atoms with Crippen molar-refractivity contribution in [1.29, 1.82) is 0 Å². The zero-order valence-corrected chi connectivity index (χ0v) is 10.6. The number of nitrogens with zero attached hydrogens (tertiary/aromatic N) is 3. The molecule has 4 nitrogen and oxygen atoms in total. The van der Waals surface area contributed by atoms with E-state index in [1.54, 1.807) is 19.3 Å². The first-order valence-electron chi connectivity index (χ1n) is 5.91. The Morgan fingerprint density at radius 1 is 1.28 bits per heavy atom. The smallest absolute Gasteiger partial charge is 0.134 e. The van der Waals surface area contributed by atoms with E-state index in [2.05, 4.69) is 9.97 Å². The molecule has 0 aliphatic rings. The number of pyridine rings is 2. The van der Waals surface area contributed by atoms with Crippen LogP contribution >= 0.6 is 0 Å².